The molecule has 4 heteroatoms. The zero-order valence-electron chi connectivity index (χ0n) is 5.78. The minimum atomic E-state index is -0.481. The molecule has 58 valence electrons. The first-order chi connectivity index (χ1) is 4.59. The van der Waals surface area contributed by atoms with Crippen LogP contribution < -0.4 is 0 Å². The molecule has 0 radical (unpaired) electrons. The average Bonchev–Trinajstić information content (AvgIpc) is 1.87. The molecule has 0 aromatic carbocycles. The molecule has 0 aromatic rings. The molecule has 0 rings (SSSR count). The maximum Gasteiger partial charge on any atom is 0.250 e. The maximum absolute atomic E-state index is 10.5. The molecular weight excluding hydrogens is 191 g/mol. The van der Waals surface area contributed by atoms with Gasteiger partial charge in [-0.3, -0.25) is 4.79 Å². The second-order valence-corrected chi connectivity index (χ2v) is 3.83. The molecule has 0 heterocycles. The molecule has 0 aromatic heterocycles. The fourth-order valence-corrected chi connectivity index (χ4v) is 1.49. The minimum Gasteiger partial charge on any atom is -0.276 e. The third-order valence-electron chi connectivity index (χ3n) is 0.861. The van der Waals surface area contributed by atoms with Crippen molar-refractivity contribution < 1.29 is 4.79 Å². The van der Waals surface area contributed by atoms with Crippen molar-refractivity contribution in [1.29, 1.82) is 0 Å². The van der Waals surface area contributed by atoms with Crippen LogP contribution in [0.4, 0.5) is 0 Å². The normalized spacial score (nSPS) is 12.8. The van der Waals surface area contributed by atoms with Crippen LogP contribution in [0.5, 0.6) is 0 Å². The van der Waals surface area contributed by atoms with Crippen molar-refractivity contribution >= 4 is 40.2 Å². The maximum atomic E-state index is 10.5. The summed E-state index contributed by atoms with van der Waals surface area (Å²) in [5.74, 6) is 0.848. The number of carbonyl (C=O) groups excluding carboxylic acids is 1. The summed E-state index contributed by atoms with van der Waals surface area (Å²) >= 11 is 12.2. The molecule has 0 fully saturated rings. The van der Waals surface area contributed by atoms with E-state index in [-0.39, 0.29) is 0 Å². The van der Waals surface area contributed by atoms with Crippen molar-refractivity contribution in [2.75, 3.05) is 5.75 Å². The van der Waals surface area contributed by atoms with E-state index in [1.54, 1.807) is 6.92 Å². The quantitative estimate of drug-likeness (QED) is 0.513. The fourth-order valence-electron chi connectivity index (χ4n) is 0.312. The van der Waals surface area contributed by atoms with Gasteiger partial charge in [0.05, 0.1) is 4.36 Å². The molecule has 0 saturated carbocycles. The van der Waals surface area contributed by atoms with Crippen LogP contribution in [-0.2, 0) is 4.79 Å². The molecule has 1 nitrogen and oxygen atoms in total. The Morgan fingerprint density at radius 1 is 1.50 bits per heavy atom. The number of rotatable bonds is 3. The lowest BCUT2D eigenvalue weighted by Crippen LogP contribution is -1.88. The van der Waals surface area contributed by atoms with Crippen LogP contribution in [-0.4, -0.2) is 11.0 Å². The van der Waals surface area contributed by atoms with Gasteiger partial charge in [-0.05, 0) is 24.3 Å². The first-order valence-electron chi connectivity index (χ1n) is 2.78. The van der Waals surface area contributed by atoms with Crippen LogP contribution >= 0.6 is 35.0 Å². The summed E-state index contributed by atoms with van der Waals surface area (Å²) in [4.78, 5) is 10.5. The van der Waals surface area contributed by atoms with Gasteiger partial charge in [0.15, 0.2) is 0 Å². The van der Waals surface area contributed by atoms with Crippen molar-refractivity contribution in [2.24, 2.45) is 0 Å². The number of thioether (sulfide) groups is 1. The van der Waals surface area contributed by atoms with Crippen LogP contribution in [0.3, 0.4) is 0 Å². The number of hydrogen-bond acceptors (Lipinski definition) is 2. The smallest absolute Gasteiger partial charge is 0.250 e. The molecule has 0 saturated heterocycles. The summed E-state index contributed by atoms with van der Waals surface area (Å²) in [6.07, 6.45) is 0. The van der Waals surface area contributed by atoms with Crippen LogP contribution in [0.1, 0.15) is 13.8 Å². The van der Waals surface area contributed by atoms with Gasteiger partial charge < -0.3 is 0 Å². The SMILES string of the molecule is CCS/C(Cl)=C(\C)C(=O)Cl. The van der Waals surface area contributed by atoms with Crippen LogP contribution in [0.25, 0.3) is 0 Å². The minimum absolute atomic E-state index is 0.426. The molecule has 0 aliphatic carbocycles. The lowest BCUT2D eigenvalue weighted by molar-refractivity contribution is -0.108. The van der Waals surface area contributed by atoms with Gasteiger partial charge in [-0.25, -0.2) is 0 Å². The number of allylic oxidation sites excluding steroid dienone is 1. The molecule has 0 unspecified atom stereocenters. The Balaban J connectivity index is 4.19. The molecule has 0 spiro atoms. The second-order valence-electron chi connectivity index (χ2n) is 1.61. The lowest BCUT2D eigenvalue weighted by Gasteiger charge is -1.96. The largest absolute Gasteiger partial charge is 0.276 e. The highest BCUT2D eigenvalue weighted by Crippen LogP contribution is 2.24. The van der Waals surface area contributed by atoms with Gasteiger partial charge in [-0.2, -0.15) is 0 Å². The predicted molar refractivity (Wildman–Crippen MR) is 47.5 cm³/mol. The van der Waals surface area contributed by atoms with E-state index in [0.29, 0.717) is 9.94 Å². The summed E-state index contributed by atoms with van der Waals surface area (Å²) in [5.41, 5.74) is 0.426. The second kappa shape index (κ2) is 5.05. The van der Waals surface area contributed by atoms with E-state index in [1.807, 2.05) is 6.92 Å². The third kappa shape index (κ3) is 3.49. The number of halogens is 2. The van der Waals surface area contributed by atoms with E-state index >= 15 is 0 Å². The van der Waals surface area contributed by atoms with E-state index in [1.165, 1.54) is 11.8 Å². The Kier molecular flexibility index (Phi) is 5.22. The van der Waals surface area contributed by atoms with Crippen molar-refractivity contribution in [1.82, 2.24) is 0 Å². The monoisotopic (exact) mass is 198 g/mol. The van der Waals surface area contributed by atoms with E-state index in [2.05, 4.69) is 0 Å². The first-order valence-corrected chi connectivity index (χ1v) is 4.52. The Morgan fingerprint density at radius 2 is 2.00 bits per heavy atom. The van der Waals surface area contributed by atoms with Crippen LogP contribution in [0.15, 0.2) is 9.94 Å². The average molecular weight is 199 g/mol. The van der Waals surface area contributed by atoms with Crippen molar-refractivity contribution in [3.8, 4) is 0 Å². The van der Waals surface area contributed by atoms with Gasteiger partial charge in [0.25, 0.3) is 0 Å². The Morgan fingerprint density at radius 3 is 2.30 bits per heavy atom. The van der Waals surface area contributed by atoms with Crippen LogP contribution in [0.2, 0.25) is 0 Å². The van der Waals surface area contributed by atoms with Gasteiger partial charge in [0.1, 0.15) is 0 Å². The molecule has 0 aliphatic heterocycles. The fraction of sp³-hybridized carbons (Fsp3) is 0.500. The predicted octanol–water partition coefficient (Wildman–Crippen LogP) is 2.98. The zero-order chi connectivity index (χ0) is 8.15. The van der Waals surface area contributed by atoms with Crippen LogP contribution in [0, 0.1) is 0 Å². The topological polar surface area (TPSA) is 17.1 Å². The number of hydrogen-bond donors (Lipinski definition) is 0. The van der Waals surface area contributed by atoms with E-state index < -0.39 is 5.24 Å². The standard InChI is InChI=1S/C6H8Cl2OS/c1-3-10-6(8)4(2)5(7)9/h3H2,1-2H3/b6-4+. The molecule has 0 amide bonds. The highest BCUT2D eigenvalue weighted by Gasteiger charge is 2.04. The molecule has 0 bridgehead atoms. The summed E-state index contributed by atoms with van der Waals surface area (Å²) in [6.45, 7) is 3.57. The molecule has 0 atom stereocenters. The number of carbonyl (C=O) groups is 1. The zero-order valence-corrected chi connectivity index (χ0v) is 8.11. The molecule has 0 aliphatic rings. The van der Waals surface area contributed by atoms with E-state index in [9.17, 15) is 4.79 Å². The Bertz CT molecular complexity index is 165. The molecular formula is C6H8Cl2OS. The Hall–Kier alpha value is 0.340. The van der Waals surface area contributed by atoms with Gasteiger partial charge in [-0.1, -0.05) is 18.5 Å². The van der Waals surface area contributed by atoms with Gasteiger partial charge >= 0.3 is 0 Å². The van der Waals surface area contributed by atoms with Crippen molar-refractivity contribution in [3.63, 3.8) is 0 Å². The third-order valence-corrected chi connectivity index (χ3v) is 2.60. The summed E-state index contributed by atoms with van der Waals surface area (Å²) in [5, 5.41) is -0.481. The summed E-state index contributed by atoms with van der Waals surface area (Å²) < 4.78 is 0.488. The van der Waals surface area contributed by atoms with Crippen molar-refractivity contribution in [3.05, 3.63) is 9.94 Å². The van der Waals surface area contributed by atoms with Gasteiger partial charge in [-0.15, -0.1) is 11.8 Å². The van der Waals surface area contributed by atoms with Gasteiger partial charge in [0, 0.05) is 5.57 Å². The molecule has 10 heavy (non-hydrogen) atoms. The molecule has 0 N–H and O–H groups in total. The van der Waals surface area contributed by atoms with Crippen molar-refractivity contribution in [2.45, 2.75) is 13.8 Å². The lowest BCUT2D eigenvalue weighted by atomic mass is 10.4. The van der Waals surface area contributed by atoms with E-state index in [4.69, 9.17) is 23.2 Å². The first kappa shape index (κ1) is 10.3. The highest BCUT2D eigenvalue weighted by atomic mass is 35.5. The summed E-state index contributed by atoms with van der Waals surface area (Å²) in [7, 11) is 0. The van der Waals surface area contributed by atoms with Gasteiger partial charge in [0.2, 0.25) is 5.24 Å². The Labute approximate surface area is 74.8 Å². The van der Waals surface area contributed by atoms with E-state index in [0.717, 1.165) is 5.75 Å². The summed E-state index contributed by atoms with van der Waals surface area (Å²) in [6, 6.07) is 0. The highest BCUT2D eigenvalue weighted by molar-refractivity contribution is 8.04.